The number of Topliss-reactive ketones (excluding diaryl/α,β-unsaturated/α-hetero) is 1. The molecule has 9 heteroatoms. The lowest BCUT2D eigenvalue weighted by Gasteiger charge is -2.23. The number of carbonyl (C=O) groups excluding carboxylic acids is 3. The first-order valence-electron chi connectivity index (χ1n) is 10.5. The van der Waals surface area contributed by atoms with Crippen molar-refractivity contribution < 1.29 is 28.7 Å². The van der Waals surface area contributed by atoms with Crippen molar-refractivity contribution in [1.82, 2.24) is 9.88 Å². The first-order valence-corrected chi connectivity index (χ1v) is 10.8. The Morgan fingerprint density at radius 3 is 2.33 bits per heavy atom. The van der Waals surface area contributed by atoms with E-state index >= 15 is 0 Å². The number of aliphatic carboxylic acids is 1. The highest BCUT2D eigenvalue weighted by Gasteiger charge is 2.31. The molecule has 0 saturated heterocycles. The highest BCUT2D eigenvalue weighted by atomic mass is 35.5. The predicted molar refractivity (Wildman–Crippen MR) is 123 cm³/mol. The third-order valence-corrected chi connectivity index (χ3v) is 5.87. The molecule has 2 N–H and O–H groups in total. The fraction of sp³-hybridized carbons (Fsp3) is 0.333. The van der Waals surface area contributed by atoms with Gasteiger partial charge in [0.25, 0.3) is 0 Å². The van der Waals surface area contributed by atoms with Crippen molar-refractivity contribution >= 4 is 57.0 Å². The zero-order chi connectivity index (χ0) is 24.3. The quantitative estimate of drug-likeness (QED) is 0.482. The molecule has 0 aliphatic carbocycles. The van der Waals surface area contributed by atoms with Gasteiger partial charge in [-0.2, -0.15) is 0 Å². The summed E-state index contributed by atoms with van der Waals surface area (Å²) in [6, 6.07) is 11.1. The summed E-state index contributed by atoms with van der Waals surface area (Å²) in [7, 11) is 0. The number of benzene rings is 2. The molecule has 2 atom stereocenters. The second kappa shape index (κ2) is 10.1. The minimum absolute atomic E-state index is 0.201. The lowest BCUT2D eigenvalue weighted by molar-refractivity contribution is -0.140. The van der Waals surface area contributed by atoms with Crippen LogP contribution in [-0.2, 0) is 14.4 Å². The molecule has 0 aliphatic rings. The smallest absolute Gasteiger partial charge is 0.305 e. The predicted octanol–water partition coefficient (Wildman–Crippen LogP) is 4.25. The Hall–Kier alpha value is -3.26. The van der Waals surface area contributed by atoms with Crippen LogP contribution in [0, 0.1) is 11.8 Å². The summed E-state index contributed by atoms with van der Waals surface area (Å²) in [5.74, 6) is -4.58. The zero-order valence-corrected chi connectivity index (χ0v) is 18.9. The van der Waals surface area contributed by atoms with E-state index in [0.717, 1.165) is 10.8 Å². The van der Waals surface area contributed by atoms with Crippen molar-refractivity contribution in [3.05, 3.63) is 47.5 Å². The standard InChI is InChI=1S/C24H24ClFN2O5/c1-13(2)17(24(33)27-18(11-23(31)32)21(29)12-26)10-22(30)28-19-6-4-3-5-15(19)16-8-7-14(25)9-20(16)28/h3-9,13,17-18H,10-12H2,1-2H3,(H,27,33)(H,31,32). The SMILES string of the molecule is CC(C)C(CC(=O)n1c2ccccc2c2ccc(Cl)cc21)C(=O)NC(CC(=O)O)C(=O)CF. The van der Waals surface area contributed by atoms with E-state index in [9.17, 15) is 23.6 Å². The number of carbonyl (C=O) groups is 4. The summed E-state index contributed by atoms with van der Waals surface area (Å²) in [6.07, 6.45) is -0.938. The molecule has 0 fully saturated rings. The molecule has 2 aromatic carbocycles. The van der Waals surface area contributed by atoms with Crippen LogP contribution in [0.5, 0.6) is 0 Å². The van der Waals surface area contributed by atoms with Gasteiger partial charge in [-0.05, 0) is 24.1 Å². The van der Waals surface area contributed by atoms with E-state index in [1.165, 1.54) is 4.57 Å². The fourth-order valence-electron chi connectivity index (χ4n) is 3.91. The van der Waals surface area contributed by atoms with Crippen LogP contribution in [-0.4, -0.2) is 46.0 Å². The molecule has 0 radical (unpaired) electrons. The number of hydrogen-bond donors (Lipinski definition) is 2. The van der Waals surface area contributed by atoms with Crippen LogP contribution in [0.25, 0.3) is 21.8 Å². The van der Waals surface area contributed by atoms with Crippen molar-refractivity contribution in [2.45, 2.75) is 32.7 Å². The highest BCUT2D eigenvalue weighted by Crippen LogP contribution is 2.32. The maximum Gasteiger partial charge on any atom is 0.305 e. The fourth-order valence-corrected chi connectivity index (χ4v) is 4.08. The summed E-state index contributed by atoms with van der Waals surface area (Å²) < 4.78 is 14.4. The van der Waals surface area contributed by atoms with Gasteiger partial charge in [0.05, 0.1) is 17.5 Å². The lowest BCUT2D eigenvalue weighted by Crippen LogP contribution is -2.47. The normalized spacial score (nSPS) is 13.2. The molecule has 1 aromatic heterocycles. The Morgan fingerprint density at radius 1 is 1.03 bits per heavy atom. The van der Waals surface area contributed by atoms with Gasteiger partial charge in [0, 0.05) is 28.1 Å². The number of alkyl halides is 1. The first kappa shape index (κ1) is 24.4. The number of carboxylic acid groups (broad SMARTS) is 1. The van der Waals surface area contributed by atoms with Crippen LogP contribution in [0.1, 0.15) is 31.5 Å². The first-order chi connectivity index (χ1) is 15.6. The van der Waals surface area contributed by atoms with E-state index in [1.807, 2.05) is 18.2 Å². The molecule has 0 spiro atoms. The number of rotatable bonds is 9. The summed E-state index contributed by atoms with van der Waals surface area (Å²) in [6.45, 7) is 2.08. The number of aromatic nitrogens is 1. The van der Waals surface area contributed by atoms with Crippen molar-refractivity contribution in [2.24, 2.45) is 11.8 Å². The van der Waals surface area contributed by atoms with Gasteiger partial charge in [0.1, 0.15) is 12.7 Å². The Balaban J connectivity index is 1.94. The number of carboxylic acids is 1. The molecule has 3 rings (SSSR count). The van der Waals surface area contributed by atoms with Gasteiger partial charge in [0.2, 0.25) is 11.8 Å². The molecular formula is C24H24ClFN2O5. The minimum Gasteiger partial charge on any atom is -0.481 e. The van der Waals surface area contributed by atoms with Crippen LogP contribution < -0.4 is 5.32 Å². The highest BCUT2D eigenvalue weighted by molar-refractivity contribution is 6.31. The van der Waals surface area contributed by atoms with Crippen molar-refractivity contribution in [1.29, 1.82) is 0 Å². The van der Waals surface area contributed by atoms with E-state index in [4.69, 9.17) is 16.7 Å². The molecule has 3 aromatic rings. The summed E-state index contributed by atoms with van der Waals surface area (Å²) in [4.78, 5) is 49.2. The molecule has 2 unspecified atom stereocenters. The molecule has 7 nitrogen and oxygen atoms in total. The number of nitrogens with one attached hydrogen (secondary N) is 1. The molecule has 1 amide bonds. The van der Waals surface area contributed by atoms with Crippen LogP contribution >= 0.6 is 11.6 Å². The summed E-state index contributed by atoms with van der Waals surface area (Å²) in [5.41, 5.74) is 1.27. The average molecular weight is 475 g/mol. The van der Waals surface area contributed by atoms with Gasteiger partial charge in [-0.25, -0.2) is 4.39 Å². The Labute approximate surface area is 194 Å². The van der Waals surface area contributed by atoms with E-state index in [2.05, 4.69) is 5.32 Å². The molecule has 0 saturated carbocycles. The van der Waals surface area contributed by atoms with Gasteiger partial charge >= 0.3 is 5.97 Å². The number of ketones is 1. The van der Waals surface area contributed by atoms with Gasteiger partial charge in [-0.1, -0.05) is 49.7 Å². The molecule has 0 bridgehead atoms. The molecule has 1 heterocycles. The molecule has 33 heavy (non-hydrogen) atoms. The van der Waals surface area contributed by atoms with Gasteiger partial charge < -0.3 is 10.4 Å². The Bertz CT molecular complexity index is 1240. The van der Waals surface area contributed by atoms with Gasteiger partial charge in [0.15, 0.2) is 5.78 Å². The largest absolute Gasteiger partial charge is 0.481 e. The maximum atomic E-state index is 13.4. The third kappa shape index (κ3) is 5.22. The van der Waals surface area contributed by atoms with Crippen molar-refractivity contribution in [3.8, 4) is 0 Å². The number of nitrogens with zero attached hydrogens (tertiary/aromatic N) is 1. The number of halogens is 2. The maximum absolute atomic E-state index is 13.4. The van der Waals surface area contributed by atoms with Crippen LogP contribution in [0.4, 0.5) is 4.39 Å². The zero-order valence-electron chi connectivity index (χ0n) is 18.2. The molecular weight excluding hydrogens is 451 g/mol. The average Bonchev–Trinajstić information content (AvgIpc) is 3.09. The second-order valence-electron chi connectivity index (χ2n) is 8.22. The number of fused-ring (bicyclic) bond motifs is 3. The van der Waals surface area contributed by atoms with E-state index < -0.39 is 42.7 Å². The second-order valence-corrected chi connectivity index (χ2v) is 8.66. The Morgan fingerprint density at radius 2 is 1.70 bits per heavy atom. The molecule has 174 valence electrons. The van der Waals surface area contributed by atoms with E-state index in [1.54, 1.807) is 38.1 Å². The number of hydrogen-bond acceptors (Lipinski definition) is 4. The van der Waals surface area contributed by atoms with E-state index in [0.29, 0.717) is 16.1 Å². The van der Waals surface area contributed by atoms with Crippen molar-refractivity contribution in [2.75, 3.05) is 6.67 Å². The summed E-state index contributed by atoms with van der Waals surface area (Å²) >= 11 is 6.17. The van der Waals surface area contributed by atoms with Gasteiger partial charge in [-0.15, -0.1) is 0 Å². The number of amides is 1. The lowest BCUT2D eigenvalue weighted by atomic mass is 9.90. The summed E-state index contributed by atoms with van der Waals surface area (Å²) in [5, 5.41) is 13.5. The van der Waals surface area contributed by atoms with Crippen molar-refractivity contribution in [3.63, 3.8) is 0 Å². The van der Waals surface area contributed by atoms with E-state index in [-0.39, 0.29) is 18.2 Å². The van der Waals surface area contributed by atoms with Crippen LogP contribution in [0.3, 0.4) is 0 Å². The van der Waals surface area contributed by atoms with Crippen LogP contribution in [0.2, 0.25) is 5.02 Å². The third-order valence-electron chi connectivity index (χ3n) is 5.64. The Kier molecular flexibility index (Phi) is 7.48. The number of para-hydroxylation sites is 1. The molecule has 0 aliphatic heterocycles. The topological polar surface area (TPSA) is 105 Å². The van der Waals surface area contributed by atoms with Crippen LogP contribution in [0.15, 0.2) is 42.5 Å². The minimum atomic E-state index is -1.50. The monoisotopic (exact) mass is 474 g/mol. The van der Waals surface area contributed by atoms with Gasteiger partial charge in [-0.3, -0.25) is 23.7 Å².